The van der Waals surface area contributed by atoms with Crippen LogP contribution in [-0.2, 0) is 4.74 Å². The molecule has 2 aliphatic heterocycles. The SMILES string of the molecule is COC(=O)c1nc2n(n1)C(c1ccc(C)cc1)C1=C(N2)c2ccccc2OC1c1ccc(C)cc1. The molecule has 2 aliphatic rings. The fourth-order valence-electron chi connectivity index (χ4n) is 4.74. The minimum absolute atomic E-state index is 0.00745. The number of nitrogens with zero attached hydrogens (tertiary/aromatic N) is 3. The van der Waals surface area contributed by atoms with Crippen LogP contribution in [0.5, 0.6) is 5.75 Å². The molecule has 0 bridgehead atoms. The van der Waals surface area contributed by atoms with Crippen molar-refractivity contribution in [3.63, 3.8) is 0 Å². The molecule has 35 heavy (non-hydrogen) atoms. The topological polar surface area (TPSA) is 78.3 Å². The molecule has 0 spiro atoms. The zero-order valence-electron chi connectivity index (χ0n) is 19.6. The summed E-state index contributed by atoms with van der Waals surface area (Å²) in [5.74, 6) is 0.691. The maximum absolute atomic E-state index is 12.3. The molecule has 1 aromatic heterocycles. The number of aryl methyl sites for hydroxylation is 2. The number of anilines is 1. The molecule has 2 unspecified atom stereocenters. The predicted molar refractivity (Wildman–Crippen MR) is 132 cm³/mol. The van der Waals surface area contributed by atoms with Crippen molar-refractivity contribution in [2.45, 2.75) is 26.0 Å². The summed E-state index contributed by atoms with van der Waals surface area (Å²) in [5, 5.41) is 8.03. The normalized spacial score (nSPS) is 18.0. The summed E-state index contributed by atoms with van der Waals surface area (Å²) in [6.45, 7) is 4.13. The summed E-state index contributed by atoms with van der Waals surface area (Å²) in [7, 11) is 1.33. The van der Waals surface area contributed by atoms with Gasteiger partial charge in [0.1, 0.15) is 17.9 Å². The number of methoxy groups -OCH3 is 1. The lowest BCUT2D eigenvalue weighted by Crippen LogP contribution is -2.32. The van der Waals surface area contributed by atoms with Crippen molar-refractivity contribution in [2.24, 2.45) is 0 Å². The van der Waals surface area contributed by atoms with Crippen LogP contribution in [0.25, 0.3) is 5.70 Å². The molecular formula is C28H24N4O3. The largest absolute Gasteiger partial charge is 0.480 e. The monoisotopic (exact) mass is 464 g/mol. The van der Waals surface area contributed by atoms with Crippen molar-refractivity contribution in [3.05, 3.63) is 112 Å². The van der Waals surface area contributed by atoms with Gasteiger partial charge < -0.3 is 14.8 Å². The molecule has 3 aromatic carbocycles. The van der Waals surface area contributed by atoms with Crippen molar-refractivity contribution in [1.82, 2.24) is 14.8 Å². The van der Waals surface area contributed by atoms with E-state index in [1.807, 2.05) is 24.3 Å². The van der Waals surface area contributed by atoms with E-state index in [1.165, 1.54) is 12.7 Å². The van der Waals surface area contributed by atoms with Gasteiger partial charge >= 0.3 is 5.97 Å². The summed E-state index contributed by atoms with van der Waals surface area (Å²) in [5.41, 5.74) is 7.26. The van der Waals surface area contributed by atoms with Gasteiger partial charge in [-0.05, 0) is 37.1 Å². The molecule has 0 amide bonds. The third kappa shape index (κ3) is 3.47. The Bertz CT molecular complexity index is 1470. The number of fused-ring (bicyclic) bond motifs is 3. The fourth-order valence-corrected chi connectivity index (χ4v) is 4.74. The Hall–Kier alpha value is -4.39. The lowest BCUT2D eigenvalue weighted by atomic mass is 9.84. The zero-order valence-corrected chi connectivity index (χ0v) is 19.6. The van der Waals surface area contributed by atoms with E-state index in [-0.39, 0.29) is 18.0 Å². The third-order valence-electron chi connectivity index (χ3n) is 6.52. The van der Waals surface area contributed by atoms with Gasteiger partial charge in [-0.25, -0.2) is 9.48 Å². The summed E-state index contributed by atoms with van der Waals surface area (Å²) in [6, 6.07) is 24.3. The number of aromatic nitrogens is 3. The molecule has 4 aromatic rings. The molecule has 0 saturated carbocycles. The number of para-hydroxylation sites is 1. The van der Waals surface area contributed by atoms with E-state index < -0.39 is 5.97 Å². The Labute approximate surface area is 203 Å². The second kappa shape index (κ2) is 8.13. The fraction of sp³-hybridized carbons (Fsp3) is 0.179. The number of hydrogen-bond donors (Lipinski definition) is 1. The van der Waals surface area contributed by atoms with E-state index in [9.17, 15) is 4.79 Å². The number of hydrogen-bond acceptors (Lipinski definition) is 6. The van der Waals surface area contributed by atoms with E-state index in [4.69, 9.17) is 9.47 Å². The molecule has 174 valence electrons. The first-order valence-corrected chi connectivity index (χ1v) is 11.5. The van der Waals surface area contributed by atoms with E-state index in [2.05, 4.69) is 77.8 Å². The van der Waals surface area contributed by atoms with Crippen molar-refractivity contribution >= 4 is 17.6 Å². The van der Waals surface area contributed by atoms with Gasteiger partial charge in [-0.1, -0.05) is 71.8 Å². The van der Waals surface area contributed by atoms with Crippen molar-refractivity contribution < 1.29 is 14.3 Å². The Kier molecular flexibility index (Phi) is 4.91. The lowest BCUT2D eigenvalue weighted by Gasteiger charge is -2.39. The Balaban J connectivity index is 1.62. The van der Waals surface area contributed by atoms with E-state index in [0.29, 0.717) is 5.95 Å². The van der Waals surface area contributed by atoms with Gasteiger partial charge in [0.15, 0.2) is 0 Å². The van der Waals surface area contributed by atoms with Crippen LogP contribution >= 0.6 is 0 Å². The maximum Gasteiger partial charge on any atom is 0.378 e. The molecule has 6 rings (SSSR count). The standard InChI is InChI=1S/C28H24N4O3/c1-16-8-12-18(13-9-16)24-22-23(29-28-30-26(27(33)34-3)31-32(24)28)20-6-4-5-7-21(20)35-25(22)19-14-10-17(2)11-15-19/h4-15,24-25H,1-3H3,(H,29,30,31). The van der Waals surface area contributed by atoms with Gasteiger partial charge in [-0.15, -0.1) is 5.10 Å². The quantitative estimate of drug-likeness (QED) is 0.418. The van der Waals surface area contributed by atoms with Crippen molar-refractivity contribution in [2.75, 3.05) is 12.4 Å². The Morgan fingerprint density at radius 2 is 1.60 bits per heavy atom. The van der Waals surface area contributed by atoms with E-state index in [1.54, 1.807) is 4.68 Å². The molecule has 7 heteroatoms. The second-order valence-corrected chi connectivity index (χ2v) is 8.87. The van der Waals surface area contributed by atoms with E-state index >= 15 is 0 Å². The number of rotatable bonds is 3. The number of esters is 1. The number of nitrogens with one attached hydrogen (secondary N) is 1. The number of ether oxygens (including phenoxy) is 2. The lowest BCUT2D eigenvalue weighted by molar-refractivity contribution is 0.0586. The third-order valence-corrected chi connectivity index (χ3v) is 6.52. The van der Waals surface area contributed by atoms with Crippen molar-refractivity contribution in [3.8, 4) is 5.75 Å². The van der Waals surface area contributed by atoms with Crippen LogP contribution < -0.4 is 10.1 Å². The molecule has 0 fully saturated rings. The van der Waals surface area contributed by atoms with Gasteiger partial charge in [0.05, 0.1) is 12.8 Å². The van der Waals surface area contributed by atoms with Crippen LogP contribution in [0.3, 0.4) is 0 Å². The minimum Gasteiger partial charge on any atom is -0.480 e. The zero-order chi connectivity index (χ0) is 24.1. The second-order valence-electron chi connectivity index (χ2n) is 8.87. The molecule has 2 atom stereocenters. The van der Waals surface area contributed by atoms with Crippen LogP contribution in [-0.4, -0.2) is 27.8 Å². The molecule has 1 N–H and O–H groups in total. The Morgan fingerprint density at radius 3 is 2.29 bits per heavy atom. The molecule has 0 radical (unpaired) electrons. The first-order chi connectivity index (χ1) is 17.0. The van der Waals surface area contributed by atoms with Gasteiger partial charge in [0.25, 0.3) is 5.82 Å². The molecule has 3 heterocycles. The summed E-state index contributed by atoms with van der Waals surface area (Å²) in [6.07, 6.45) is -0.363. The molecule has 0 saturated heterocycles. The molecule has 7 nitrogen and oxygen atoms in total. The van der Waals surface area contributed by atoms with Crippen LogP contribution in [0.1, 0.15) is 50.6 Å². The van der Waals surface area contributed by atoms with Gasteiger partial charge in [0, 0.05) is 11.1 Å². The number of benzene rings is 3. The summed E-state index contributed by atoms with van der Waals surface area (Å²) >= 11 is 0. The van der Waals surface area contributed by atoms with Crippen LogP contribution in [0.4, 0.5) is 5.95 Å². The van der Waals surface area contributed by atoms with Gasteiger partial charge in [0.2, 0.25) is 5.95 Å². The highest BCUT2D eigenvalue weighted by atomic mass is 16.5. The highest BCUT2D eigenvalue weighted by Gasteiger charge is 2.41. The summed E-state index contributed by atoms with van der Waals surface area (Å²) in [4.78, 5) is 16.8. The maximum atomic E-state index is 12.3. The first-order valence-electron chi connectivity index (χ1n) is 11.5. The van der Waals surface area contributed by atoms with Gasteiger partial charge in [-0.2, -0.15) is 4.98 Å². The minimum atomic E-state index is -0.582. The average Bonchev–Trinajstić information content (AvgIpc) is 3.31. The average molecular weight is 465 g/mol. The number of carbonyl (C=O) groups is 1. The highest BCUT2D eigenvalue weighted by molar-refractivity contribution is 5.88. The number of carbonyl (C=O) groups excluding carboxylic acids is 1. The van der Waals surface area contributed by atoms with Crippen LogP contribution in [0, 0.1) is 13.8 Å². The van der Waals surface area contributed by atoms with Crippen molar-refractivity contribution in [1.29, 1.82) is 0 Å². The Morgan fingerprint density at radius 1 is 0.943 bits per heavy atom. The van der Waals surface area contributed by atoms with E-state index in [0.717, 1.165) is 39.3 Å². The predicted octanol–water partition coefficient (Wildman–Crippen LogP) is 5.24. The first kappa shape index (κ1) is 21.2. The molecule has 0 aliphatic carbocycles. The van der Waals surface area contributed by atoms with Gasteiger partial charge in [-0.3, -0.25) is 0 Å². The van der Waals surface area contributed by atoms with Crippen LogP contribution in [0.15, 0.2) is 78.4 Å². The smallest absolute Gasteiger partial charge is 0.378 e. The molecular weight excluding hydrogens is 440 g/mol. The van der Waals surface area contributed by atoms with Crippen LogP contribution in [0.2, 0.25) is 0 Å². The summed E-state index contributed by atoms with van der Waals surface area (Å²) < 4.78 is 13.3. The highest BCUT2D eigenvalue weighted by Crippen LogP contribution is 2.50.